The number of halogens is 1. The molecule has 2 aromatic heterocycles. The Labute approximate surface area is 112 Å². The second kappa shape index (κ2) is 5.42. The van der Waals surface area contributed by atoms with Crippen LogP contribution in [-0.2, 0) is 0 Å². The fourth-order valence-corrected chi connectivity index (χ4v) is 2.75. The van der Waals surface area contributed by atoms with E-state index in [1.54, 1.807) is 24.5 Å². The van der Waals surface area contributed by atoms with Crippen molar-refractivity contribution in [3.05, 3.63) is 44.8 Å². The van der Waals surface area contributed by atoms with E-state index in [1.165, 1.54) is 11.3 Å². The van der Waals surface area contributed by atoms with E-state index in [1.807, 2.05) is 12.3 Å². The maximum absolute atomic E-state index is 12.1. The van der Waals surface area contributed by atoms with Gasteiger partial charge in [0.2, 0.25) is 5.78 Å². The molecule has 0 aliphatic rings. The summed E-state index contributed by atoms with van der Waals surface area (Å²) in [6.07, 6.45) is 3.16. The van der Waals surface area contributed by atoms with E-state index >= 15 is 0 Å². The first-order valence-corrected chi connectivity index (χ1v) is 6.74. The van der Waals surface area contributed by atoms with Gasteiger partial charge >= 0.3 is 0 Å². The van der Waals surface area contributed by atoms with Crippen LogP contribution in [0, 0.1) is 0 Å². The molecular formula is C12H10BrNO2S. The zero-order chi connectivity index (χ0) is 12.3. The summed E-state index contributed by atoms with van der Waals surface area (Å²) in [4.78, 5) is 16.8. The lowest BCUT2D eigenvalue weighted by Gasteiger charge is -2.03. The molecule has 0 fully saturated rings. The monoisotopic (exact) mass is 311 g/mol. The molecule has 0 radical (unpaired) electrons. The standard InChI is InChI=1S/C12H10BrNO2S/c1-2-16-10-3-8(5-14-6-10)12(15)11-4-9(13)7-17-11/h3-7H,2H2,1H3. The van der Waals surface area contributed by atoms with Gasteiger partial charge in [0.05, 0.1) is 17.7 Å². The van der Waals surface area contributed by atoms with Gasteiger partial charge in [-0.25, -0.2) is 0 Å². The van der Waals surface area contributed by atoms with Gasteiger partial charge in [0.1, 0.15) is 5.75 Å². The van der Waals surface area contributed by atoms with Crippen molar-refractivity contribution in [2.75, 3.05) is 6.61 Å². The second-order valence-corrected chi connectivity index (χ2v) is 5.13. The molecule has 0 saturated heterocycles. The molecule has 0 unspecified atom stereocenters. The molecular weight excluding hydrogens is 302 g/mol. The number of nitrogens with zero attached hydrogens (tertiary/aromatic N) is 1. The van der Waals surface area contributed by atoms with E-state index in [4.69, 9.17) is 4.74 Å². The zero-order valence-electron chi connectivity index (χ0n) is 9.14. The number of thiophene rings is 1. The first kappa shape index (κ1) is 12.3. The Bertz CT molecular complexity index is 539. The highest BCUT2D eigenvalue weighted by molar-refractivity contribution is 9.10. The molecule has 0 aromatic carbocycles. The second-order valence-electron chi connectivity index (χ2n) is 3.30. The minimum atomic E-state index is -0.0326. The minimum absolute atomic E-state index is 0.0326. The molecule has 5 heteroatoms. The number of hydrogen-bond donors (Lipinski definition) is 0. The summed E-state index contributed by atoms with van der Waals surface area (Å²) in [5, 5.41) is 1.88. The molecule has 0 atom stereocenters. The van der Waals surface area contributed by atoms with Gasteiger partial charge in [0.15, 0.2) is 0 Å². The molecule has 3 nitrogen and oxygen atoms in total. The van der Waals surface area contributed by atoms with E-state index in [9.17, 15) is 4.79 Å². The molecule has 0 aliphatic heterocycles. The van der Waals surface area contributed by atoms with Crippen molar-refractivity contribution in [1.82, 2.24) is 4.98 Å². The Hall–Kier alpha value is -1.20. The van der Waals surface area contributed by atoms with Crippen molar-refractivity contribution in [2.45, 2.75) is 6.92 Å². The van der Waals surface area contributed by atoms with Gasteiger partial charge in [-0.2, -0.15) is 0 Å². The smallest absolute Gasteiger partial charge is 0.204 e. The Morgan fingerprint density at radius 2 is 2.29 bits per heavy atom. The van der Waals surface area contributed by atoms with Crippen molar-refractivity contribution in [1.29, 1.82) is 0 Å². The Kier molecular flexibility index (Phi) is 3.91. The summed E-state index contributed by atoms with van der Waals surface area (Å²) >= 11 is 4.74. The third-order valence-electron chi connectivity index (χ3n) is 2.08. The predicted molar refractivity (Wildman–Crippen MR) is 70.9 cm³/mol. The SMILES string of the molecule is CCOc1cncc(C(=O)c2cc(Br)cs2)c1. The summed E-state index contributed by atoms with van der Waals surface area (Å²) in [7, 11) is 0. The van der Waals surface area contributed by atoms with E-state index in [0.717, 1.165) is 4.47 Å². The summed E-state index contributed by atoms with van der Waals surface area (Å²) in [6, 6.07) is 3.52. The van der Waals surface area contributed by atoms with Crippen molar-refractivity contribution < 1.29 is 9.53 Å². The molecule has 0 spiro atoms. The lowest BCUT2D eigenvalue weighted by Crippen LogP contribution is -2.01. The third-order valence-corrected chi connectivity index (χ3v) is 3.77. The molecule has 88 valence electrons. The van der Waals surface area contributed by atoms with Crippen LogP contribution in [0.25, 0.3) is 0 Å². The molecule has 2 aromatic rings. The fourth-order valence-electron chi connectivity index (χ4n) is 1.36. The zero-order valence-corrected chi connectivity index (χ0v) is 11.5. The molecule has 0 saturated carbocycles. The third kappa shape index (κ3) is 2.92. The Balaban J connectivity index is 2.27. The Morgan fingerprint density at radius 3 is 2.94 bits per heavy atom. The summed E-state index contributed by atoms with van der Waals surface area (Å²) in [5.74, 6) is 0.587. The van der Waals surface area contributed by atoms with Crippen LogP contribution in [-0.4, -0.2) is 17.4 Å². The van der Waals surface area contributed by atoms with E-state index in [0.29, 0.717) is 22.8 Å². The number of ketones is 1. The van der Waals surface area contributed by atoms with Crippen molar-refractivity contribution in [3.63, 3.8) is 0 Å². The highest BCUT2D eigenvalue weighted by atomic mass is 79.9. The lowest BCUT2D eigenvalue weighted by molar-refractivity contribution is 0.104. The molecule has 2 heterocycles. The van der Waals surface area contributed by atoms with Crippen LogP contribution in [0.15, 0.2) is 34.4 Å². The van der Waals surface area contributed by atoms with E-state index in [-0.39, 0.29) is 5.78 Å². The maximum atomic E-state index is 12.1. The van der Waals surface area contributed by atoms with Gasteiger partial charge < -0.3 is 4.74 Å². The largest absolute Gasteiger partial charge is 0.492 e. The minimum Gasteiger partial charge on any atom is -0.492 e. The maximum Gasteiger partial charge on any atom is 0.204 e. The fraction of sp³-hybridized carbons (Fsp3) is 0.167. The average molecular weight is 312 g/mol. The molecule has 17 heavy (non-hydrogen) atoms. The average Bonchev–Trinajstić information content (AvgIpc) is 2.76. The van der Waals surface area contributed by atoms with Gasteiger partial charge in [-0.3, -0.25) is 9.78 Å². The van der Waals surface area contributed by atoms with Crippen LogP contribution in [0.4, 0.5) is 0 Å². The van der Waals surface area contributed by atoms with E-state index < -0.39 is 0 Å². The normalized spacial score (nSPS) is 10.2. The number of ether oxygens (including phenoxy) is 1. The van der Waals surface area contributed by atoms with Crippen LogP contribution >= 0.6 is 27.3 Å². The summed E-state index contributed by atoms with van der Waals surface area (Å²) in [5.41, 5.74) is 0.547. The topological polar surface area (TPSA) is 39.2 Å². The van der Waals surface area contributed by atoms with Gasteiger partial charge in [-0.05, 0) is 35.0 Å². The molecule has 0 aliphatic carbocycles. The Morgan fingerprint density at radius 1 is 1.47 bits per heavy atom. The number of carbonyl (C=O) groups excluding carboxylic acids is 1. The van der Waals surface area contributed by atoms with Gasteiger partial charge in [-0.15, -0.1) is 11.3 Å². The van der Waals surface area contributed by atoms with Crippen molar-refractivity contribution in [3.8, 4) is 5.75 Å². The van der Waals surface area contributed by atoms with Gasteiger partial charge in [-0.1, -0.05) is 0 Å². The highest BCUT2D eigenvalue weighted by Gasteiger charge is 2.12. The van der Waals surface area contributed by atoms with Crippen LogP contribution in [0.1, 0.15) is 22.2 Å². The van der Waals surface area contributed by atoms with Crippen LogP contribution in [0.5, 0.6) is 5.75 Å². The van der Waals surface area contributed by atoms with Crippen LogP contribution < -0.4 is 4.74 Å². The lowest BCUT2D eigenvalue weighted by atomic mass is 10.1. The number of pyridine rings is 1. The number of aromatic nitrogens is 1. The quantitative estimate of drug-likeness (QED) is 0.811. The highest BCUT2D eigenvalue weighted by Crippen LogP contribution is 2.23. The van der Waals surface area contributed by atoms with Crippen LogP contribution in [0.3, 0.4) is 0 Å². The molecule has 0 amide bonds. The van der Waals surface area contributed by atoms with Crippen molar-refractivity contribution >= 4 is 33.0 Å². The number of rotatable bonds is 4. The molecule has 2 rings (SSSR count). The number of carbonyl (C=O) groups is 1. The van der Waals surface area contributed by atoms with Gasteiger partial charge in [0, 0.05) is 21.6 Å². The predicted octanol–water partition coefficient (Wildman–Crippen LogP) is 3.54. The first-order valence-electron chi connectivity index (χ1n) is 5.07. The summed E-state index contributed by atoms with van der Waals surface area (Å²) in [6.45, 7) is 2.45. The van der Waals surface area contributed by atoms with Crippen molar-refractivity contribution in [2.24, 2.45) is 0 Å². The van der Waals surface area contributed by atoms with Gasteiger partial charge in [0.25, 0.3) is 0 Å². The first-order chi connectivity index (χ1) is 8.20. The molecule has 0 N–H and O–H groups in total. The number of hydrogen-bond acceptors (Lipinski definition) is 4. The van der Waals surface area contributed by atoms with Crippen LogP contribution in [0.2, 0.25) is 0 Å². The summed E-state index contributed by atoms with van der Waals surface area (Å²) < 4.78 is 6.23. The molecule has 0 bridgehead atoms. The van der Waals surface area contributed by atoms with E-state index in [2.05, 4.69) is 20.9 Å².